The fraction of sp³-hybridized carbons (Fsp3) is 0.278. The van der Waals surface area contributed by atoms with Crippen molar-refractivity contribution < 1.29 is 4.79 Å². The van der Waals surface area contributed by atoms with Gasteiger partial charge in [-0.25, -0.2) is 0 Å². The summed E-state index contributed by atoms with van der Waals surface area (Å²) in [6.45, 7) is 4.07. The molecule has 2 aromatic rings. The van der Waals surface area contributed by atoms with Crippen molar-refractivity contribution in [3.8, 4) is 0 Å². The number of thioether (sulfide) groups is 1. The molecular formula is C18H20OS. The molecule has 0 saturated heterocycles. The minimum absolute atomic E-state index is 0.255. The number of benzene rings is 2. The SMILES string of the molecule is Cc1cc(C)cc(C(=O)CCCSc2ccccc2)c1. The normalized spacial score (nSPS) is 10.5. The molecule has 0 aliphatic heterocycles. The van der Waals surface area contributed by atoms with Crippen LogP contribution in [-0.4, -0.2) is 11.5 Å². The molecular weight excluding hydrogens is 264 g/mol. The van der Waals surface area contributed by atoms with Gasteiger partial charge in [0.05, 0.1) is 0 Å². The summed E-state index contributed by atoms with van der Waals surface area (Å²) in [6, 6.07) is 16.4. The van der Waals surface area contributed by atoms with Gasteiger partial charge in [-0.05, 0) is 50.3 Å². The van der Waals surface area contributed by atoms with Gasteiger partial charge in [0, 0.05) is 16.9 Å². The van der Waals surface area contributed by atoms with E-state index in [1.165, 1.54) is 4.90 Å². The highest BCUT2D eigenvalue weighted by molar-refractivity contribution is 7.99. The maximum atomic E-state index is 12.2. The first kappa shape index (κ1) is 14.9. The topological polar surface area (TPSA) is 17.1 Å². The van der Waals surface area contributed by atoms with Crippen LogP contribution < -0.4 is 0 Å². The lowest BCUT2D eigenvalue weighted by molar-refractivity contribution is 0.0982. The Morgan fingerprint density at radius 1 is 1.00 bits per heavy atom. The van der Waals surface area contributed by atoms with Gasteiger partial charge in [-0.2, -0.15) is 0 Å². The zero-order valence-electron chi connectivity index (χ0n) is 12.1. The molecule has 20 heavy (non-hydrogen) atoms. The van der Waals surface area contributed by atoms with Crippen LogP contribution in [0.5, 0.6) is 0 Å². The van der Waals surface area contributed by atoms with Gasteiger partial charge < -0.3 is 0 Å². The summed E-state index contributed by atoms with van der Waals surface area (Å²) in [7, 11) is 0. The summed E-state index contributed by atoms with van der Waals surface area (Å²) >= 11 is 1.81. The van der Waals surface area contributed by atoms with Gasteiger partial charge in [0.25, 0.3) is 0 Å². The monoisotopic (exact) mass is 284 g/mol. The average Bonchev–Trinajstić information content (AvgIpc) is 2.43. The Kier molecular flexibility index (Phi) is 5.42. The maximum absolute atomic E-state index is 12.2. The van der Waals surface area contributed by atoms with Crippen LogP contribution in [0.15, 0.2) is 53.4 Å². The predicted molar refractivity (Wildman–Crippen MR) is 86.6 cm³/mol. The third-order valence-corrected chi connectivity index (χ3v) is 4.20. The number of rotatable bonds is 6. The summed E-state index contributed by atoms with van der Waals surface area (Å²) in [5, 5.41) is 0. The molecule has 0 atom stereocenters. The molecule has 0 aliphatic rings. The molecule has 2 aromatic carbocycles. The lowest BCUT2D eigenvalue weighted by Gasteiger charge is -2.05. The van der Waals surface area contributed by atoms with E-state index in [0.717, 1.165) is 28.9 Å². The number of hydrogen-bond donors (Lipinski definition) is 0. The fourth-order valence-corrected chi connectivity index (χ4v) is 3.09. The molecule has 0 N–H and O–H groups in total. The zero-order chi connectivity index (χ0) is 14.4. The van der Waals surface area contributed by atoms with E-state index in [-0.39, 0.29) is 5.78 Å². The molecule has 104 valence electrons. The highest BCUT2D eigenvalue weighted by atomic mass is 32.2. The highest BCUT2D eigenvalue weighted by Gasteiger charge is 2.06. The molecule has 2 heteroatoms. The minimum atomic E-state index is 0.255. The second-order valence-electron chi connectivity index (χ2n) is 5.06. The van der Waals surface area contributed by atoms with E-state index < -0.39 is 0 Å². The highest BCUT2D eigenvalue weighted by Crippen LogP contribution is 2.19. The summed E-state index contributed by atoms with van der Waals surface area (Å²) < 4.78 is 0. The average molecular weight is 284 g/mol. The third kappa shape index (κ3) is 4.53. The van der Waals surface area contributed by atoms with Crippen LogP contribution >= 0.6 is 11.8 Å². The molecule has 0 radical (unpaired) electrons. The summed E-state index contributed by atoms with van der Waals surface area (Å²) in [4.78, 5) is 13.4. The van der Waals surface area contributed by atoms with Gasteiger partial charge in [0.15, 0.2) is 5.78 Å². The van der Waals surface area contributed by atoms with Gasteiger partial charge in [-0.1, -0.05) is 35.4 Å². The van der Waals surface area contributed by atoms with E-state index in [2.05, 4.69) is 18.2 Å². The van der Waals surface area contributed by atoms with Crippen molar-refractivity contribution in [2.45, 2.75) is 31.6 Å². The Morgan fingerprint density at radius 3 is 2.30 bits per heavy atom. The van der Waals surface area contributed by atoms with E-state index in [4.69, 9.17) is 0 Å². The van der Waals surface area contributed by atoms with Crippen LogP contribution in [0.4, 0.5) is 0 Å². The Hall–Kier alpha value is -1.54. The molecule has 0 fully saturated rings. The molecule has 0 unspecified atom stereocenters. The molecule has 2 rings (SSSR count). The molecule has 0 bridgehead atoms. The first-order chi connectivity index (χ1) is 9.65. The molecule has 0 aromatic heterocycles. The Bertz CT molecular complexity index is 555. The van der Waals surface area contributed by atoms with Gasteiger partial charge in [-0.3, -0.25) is 4.79 Å². The number of carbonyl (C=O) groups is 1. The molecule has 1 nitrogen and oxygen atoms in total. The van der Waals surface area contributed by atoms with Crippen molar-refractivity contribution in [1.29, 1.82) is 0 Å². The van der Waals surface area contributed by atoms with E-state index in [1.54, 1.807) is 0 Å². The van der Waals surface area contributed by atoms with Crippen LogP contribution in [-0.2, 0) is 0 Å². The largest absolute Gasteiger partial charge is 0.294 e. The number of aryl methyl sites for hydroxylation is 2. The Balaban J connectivity index is 1.80. The van der Waals surface area contributed by atoms with E-state index >= 15 is 0 Å². The second kappa shape index (κ2) is 7.30. The number of Topliss-reactive ketones (excluding diaryl/α,β-unsaturated/α-hetero) is 1. The predicted octanol–water partition coefficient (Wildman–Crippen LogP) is 5.06. The standard InChI is InChI=1S/C18H20OS/c1-14-11-15(2)13-16(12-14)18(19)9-6-10-20-17-7-4-3-5-8-17/h3-5,7-8,11-13H,6,9-10H2,1-2H3. The maximum Gasteiger partial charge on any atom is 0.162 e. The fourth-order valence-electron chi connectivity index (χ4n) is 2.22. The zero-order valence-corrected chi connectivity index (χ0v) is 12.9. The quantitative estimate of drug-likeness (QED) is 0.419. The first-order valence-corrected chi connectivity index (χ1v) is 7.93. The van der Waals surface area contributed by atoms with Crippen molar-refractivity contribution >= 4 is 17.5 Å². The van der Waals surface area contributed by atoms with Gasteiger partial charge in [-0.15, -0.1) is 11.8 Å². The van der Waals surface area contributed by atoms with Crippen molar-refractivity contribution in [3.05, 3.63) is 65.2 Å². The summed E-state index contributed by atoms with van der Waals surface area (Å²) in [5.74, 6) is 1.24. The van der Waals surface area contributed by atoms with Gasteiger partial charge >= 0.3 is 0 Å². The van der Waals surface area contributed by atoms with Crippen LogP contribution in [0.25, 0.3) is 0 Å². The molecule has 0 aliphatic carbocycles. The smallest absolute Gasteiger partial charge is 0.162 e. The first-order valence-electron chi connectivity index (χ1n) is 6.94. The van der Waals surface area contributed by atoms with Crippen LogP contribution in [0.3, 0.4) is 0 Å². The van der Waals surface area contributed by atoms with Crippen molar-refractivity contribution in [1.82, 2.24) is 0 Å². The van der Waals surface area contributed by atoms with Crippen molar-refractivity contribution in [3.63, 3.8) is 0 Å². The number of ketones is 1. The molecule has 0 saturated carbocycles. The van der Waals surface area contributed by atoms with Gasteiger partial charge in [0.2, 0.25) is 0 Å². The van der Waals surface area contributed by atoms with Gasteiger partial charge in [0.1, 0.15) is 0 Å². The molecule has 0 heterocycles. The van der Waals surface area contributed by atoms with Crippen molar-refractivity contribution in [2.75, 3.05) is 5.75 Å². The van der Waals surface area contributed by atoms with E-state index in [1.807, 2.05) is 55.9 Å². The molecule has 0 spiro atoms. The van der Waals surface area contributed by atoms with Crippen LogP contribution in [0.2, 0.25) is 0 Å². The molecule has 0 amide bonds. The summed E-state index contributed by atoms with van der Waals surface area (Å²) in [5.41, 5.74) is 3.17. The lowest BCUT2D eigenvalue weighted by atomic mass is 10.0. The lowest BCUT2D eigenvalue weighted by Crippen LogP contribution is -2.00. The van der Waals surface area contributed by atoms with Crippen LogP contribution in [0.1, 0.15) is 34.3 Å². The minimum Gasteiger partial charge on any atom is -0.294 e. The third-order valence-electron chi connectivity index (χ3n) is 3.10. The Labute approximate surface area is 125 Å². The van der Waals surface area contributed by atoms with E-state index in [0.29, 0.717) is 6.42 Å². The number of hydrogen-bond acceptors (Lipinski definition) is 2. The summed E-state index contributed by atoms with van der Waals surface area (Å²) in [6.07, 6.45) is 1.55. The van der Waals surface area contributed by atoms with E-state index in [9.17, 15) is 4.79 Å². The van der Waals surface area contributed by atoms with Crippen LogP contribution in [0, 0.1) is 13.8 Å². The van der Waals surface area contributed by atoms with Crippen molar-refractivity contribution in [2.24, 2.45) is 0 Å². The Morgan fingerprint density at radius 2 is 1.65 bits per heavy atom. The number of carbonyl (C=O) groups excluding carboxylic acids is 1. The second-order valence-corrected chi connectivity index (χ2v) is 6.23.